The van der Waals surface area contributed by atoms with E-state index in [1.54, 1.807) is 24.3 Å². The number of carbonyl (C=O) groups excluding carboxylic acids is 1. The molecule has 0 aliphatic heterocycles. The molecule has 0 fully saturated rings. The third kappa shape index (κ3) is 4.70. The first kappa shape index (κ1) is 17.2. The summed E-state index contributed by atoms with van der Waals surface area (Å²) in [5.41, 5.74) is 1.73. The lowest BCUT2D eigenvalue weighted by atomic mass is 10.2. The number of halogens is 1. The summed E-state index contributed by atoms with van der Waals surface area (Å²) >= 11 is 0. The minimum absolute atomic E-state index is 0.175. The molecule has 0 atom stereocenters. The van der Waals surface area contributed by atoms with Gasteiger partial charge in [0, 0.05) is 6.92 Å². The van der Waals surface area contributed by atoms with E-state index in [9.17, 15) is 9.18 Å². The fraction of sp³-hybridized carbons (Fsp3) is 0.0526. The molecule has 2 aromatic heterocycles. The standard InChI is InChI=1S/C19H16FN5O/c1-13(26)23-18-10-8-15(11-21-18)24-19-22-12-16(20)17(25-19)9-7-14-5-3-2-4-6-14/h2-12H,1H3,(H,21,23,26)(H,22,24,25). The van der Waals surface area contributed by atoms with Crippen molar-refractivity contribution in [3.8, 4) is 0 Å². The zero-order valence-corrected chi connectivity index (χ0v) is 14.0. The highest BCUT2D eigenvalue weighted by Gasteiger charge is 2.05. The van der Waals surface area contributed by atoms with E-state index in [0.29, 0.717) is 11.5 Å². The first-order valence-corrected chi connectivity index (χ1v) is 7.86. The van der Waals surface area contributed by atoms with Gasteiger partial charge < -0.3 is 10.6 Å². The van der Waals surface area contributed by atoms with Gasteiger partial charge in [-0.1, -0.05) is 36.4 Å². The summed E-state index contributed by atoms with van der Waals surface area (Å²) in [7, 11) is 0. The van der Waals surface area contributed by atoms with Gasteiger partial charge in [0.15, 0.2) is 5.82 Å². The number of amides is 1. The van der Waals surface area contributed by atoms with Gasteiger partial charge in [-0.2, -0.15) is 0 Å². The second-order valence-electron chi connectivity index (χ2n) is 5.41. The quantitative estimate of drug-likeness (QED) is 0.731. The largest absolute Gasteiger partial charge is 0.323 e. The van der Waals surface area contributed by atoms with Gasteiger partial charge in [-0.05, 0) is 23.8 Å². The predicted molar refractivity (Wildman–Crippen MR) is 99.2 cm³/mol. The second kappa shape index (κ2) is 7.98. The van der Waals surface area contributed by atoms with Crippen LogP contribution >= 0.6 is 0 Å². The van der Waals surface area contributed by atoms with Gasteiger partial charge in [0.1, 0.15) is 11.5 Å². The van der Waals surface area contributed by atoms with Crippen LogP contribution in [0.15, 0.2) is 54.9 Å². The molecule has 0 radical (unpaired) electrons. The Balaban J connectivity index is 1.75. The molecule has 0 aliphatic carbocycles. The van der Waals surface area contributed by atoms with Crippen molar-refractivity contribution in [1.29, 1.82) is 0 Å². The molecule has 130 valence electrons. The molecule has 3 rings (SSSR count). The van der Waals surface area contributed by atoms with Crippen LogP contribution in [0.5, 0.6) is 0 Å². The first-order valence-electron chi connectivity index (χ1n) is 7.86. The maximum absolute atomic E-state index is 13.9. The van der Waals surface area contributed by atoms with E-state index < -0.39 is 5.82 Å². The van der Waals surface area contributed by atoms with E-state index in [0.717, 1.165) is 11.8 Å². The van der Waals surface area contributed by atoms with Crippen LogP contribution in [0, 0.1) is 5.82 Å². The number of nitrogens with one attached hydrogen (secondary N) is 2. The molecule has 7 heteroatoms. The van der Waals surface area contributed by atoms with Crippen LogP contribution in [0.3, 0.4) is 0 Å². The van der Waals surface area contributed by atoms with Crippen LogP contribution in [0.4, 0.5) is 21.8 Å². The predicted octanol–water partition coefficient (Wildman–Crippen LogP) is 3.88. The van der Waals surface area contributed by atoms with E-state index >= 15 is 0 Å². The second-order valence-corrected chi connectivity index (χ2v) is 5.41. The normalized spacial score (nSPS) is 10.7. The monoisotopic (exact) mass is 349 g/mol. The molecular weight excluding hydrogens is 333 g/mol. The molecule has 2 N–H and O–H groups in total. The Hall–Kier alpha value is -3.61. The fourth-order valence-corrected chi connectivity index (χ4v) is 2.15. The van der Waals surface area contributed by atoms with Gasteiger partial charge in [-0.25, -0.2) is 19.3 Å². The highest BCUT2D eigenvalue weighted by molar-refractivity contribution is 5.87. The number of nitrogens with zero attached hydrogens (tertiary/aromatic N) is 3. The minimum Gasteiger partial charge on any atom is -0.323 e. The van der Waals surface area contributed by atoms with Gasteiger partial charge >= 0.3 is 0 Å². The number of anilines is 3. The molecule has 0 bridgehead atoms. The zero-order chi connectivity index (χ0) is 18.4. The van der Waals surface area contributed by atoms with Gasteiger partial charge in [0.25, 0.3) is 0 Å². The van der Waals surface area contributed by atoms with Crippen LogP contribution in [0.1, 0.15) is 18.2 Å². The van der Waals surface area contributed by atoms with Crippen LogP contribution in [-0.2, 0) is 4.79 Å². The van der Waals surface area contributed by atoms with E-state index in [1.807, 2.05) is 30.3 Å². The molecule has 3 aromatic rings. The number of carbonyl (C=O) groups is 1. The number of hydrogen-bond donors (Lipinski definition) is 2. The van der Waals surface area contributed by atoms with Crippen molar-refractivity contribution < 1.29 is 9.18 Å². The summed E-state index contributed by atoms with van der Waals surface area (Å²) in [5, 5.41) is 5.53. The highest BCUT2D eigenvalue weighted by atomic mass is 19.1. The number of pyridine rings is 1. The molecule has 0 saturated carbocycles. The summed E-state index contributed by atoms with van der Waals surface area (Å²) in [4.78, 5) is 23.2. The maximum Gasteiger partial charge on any atom is 0.227 e. The van der Waals surface area contributed by atoms with Crippen molar-refractivity contribution in [3.63, 3.8) is 0 Å². The molecule has 1 amide bonds. The van der Waals surface area contributed by atoms with Crippen LogP contribution in [0.25, 0.3) is 12.2 Å². The van der Waals surface area contributed by atoms with Gasteiger partial charge in [0.05, 0.1) is 18.1 Å². The maximum atomic E-state index is 13.9. The Bertz CT molecular complexity index is 926. The molecule has 0 unspecified atom stereocenters. The smallest absolute Gasteiger partial charge is 0.227 e. The lowest BCUT2D eigenvalue weighted by Crippen LogP contribution is -2.07. The van der Waals surface area contributed by atoms with Crippen molar-refractivity contribution in [3.05, 3.63) is 71.9 Å². The van der Waals surface area contributed by atoms with Crippen molar-refractivity contribution in [2.45, 2.75) is 6.92 Å². The van der Waals surface area contributed by atoms with Crippen molar-refractivity contribution >= 4 is 35.5 Å². The van der Waals surface area contributed by atoms with E-state index in [1.165, 1.54) is 13.1 Å². The van der Waals surface area contributed by atoms with Crippen molar-refractivity contribution in [2.24, 2.45) is 0 Å². The molecule has 0 saturated heterocycles. The molecule has 0 spiro atoms. The Morgan fingerprint density at radius 1 is 1.04 bits per heavy atom. The minimum atomic E-state index is -0.512. The number of hydrogen-bond acceptors (Lipinski definition) is 5. The summed E-state index contributed by atoms with van der Waals surface area (Å²) in [6, 6.07) is 12.9. The van der Waals surface area contributed by atoms with E-state index in [2.05, 4.69) is 25.6 Å². The average Bonchev–Trinajstić information content (AvgIpc) is 2.64. The van der Waals surface area contributed by atoms with Gasteiger partial charge in [-0.3, -0.25) is 4.79 Å². The molecule has 2 heterocycles. The van der Waals surface area contributed by atoms with Crippen molar-refractivity contribution in [1.82, 2.24) is 15.0 Å². The summed E-state index contributed by atoms with van der Waals surface area (Å²) in [6.45, 7) is 1.41. The summed E-state index contributed by atoms with van der Waals surface area (Å²) in [5.74, 6) is -0.0282. The number of rotatable bonds is 5. The van der Waals surface area contributed by atoms with E-state index in [-0.39, 0.29) is 17.5 Å². The molecule has 6 nitrogen and oxygen atoms in total. The Labute approximate surface area is 149 Å². The Kier molecular flexibility index (Phi) is 5.28. The SMILES string of the molecule is CC(=O)Nc1ccc(Nc2ncc(F)c(C=Cc3ccccc3)n2)cn1. The average molecular weight is 349 g/mol. The molecular formula is C19H16FN5O. The third-order valence-corrected chi connectivity index (χ3v) is 3.33. The van der Waals surface area contributed by atoms with Gasteiger partial charge in [-0.15, -0.1) is 0 Å². The first-order chi connectivity index (χ1) is 12.6. The zero-order valence-electron chi connectivity index (χ0n) is 14.0. The number of benzene rings is 1. The van der Waals surface area contributed by atoms with E-state index in [4.69, 9.17) is 0 Å². The fourth-order valence-electron chi connectivity index (χ4n) is 2.15. The van der Waals surface area contributed by atoms with Crippen LogP contribution in [-0.4, -0.2) is 20.9 Å². The van der Waals surface area contributed by atoms with Gasteiger partial charge in [0.2, 0.25) is 11.9 Å². The Morgan fingerprint density at radius 2 is 1.85 bits per heavy atom. The van der Waals surface area contributed by atoms with Crippen LogP contribution in [0.2, 0.25) is 0 Å². The molecule has 1 aromatic carbocycles. The molecule has 0 aliphatic rings. The summed E-state index contributed by atoms with van der Waals surface area (Å²) in [6.07, 6.45) is 6.01. The van der Waals surface area contributed by atoms with Crippen molar-refractivity contribution in [2.75, 3.05) is 10.6 Å². The Morgan fingerprint density at radius 3 is 2.54 bits per heavy atom. The number of aromatic nitrogens is 3. The lowest BCUT2D eigenvalue weighted by molar-refractivity contribution is -0.114. The molecule has 26 heavy (non-hydrogen) atoms. The highest BCUT2D eigenvalue weighted by Crippen LogP contribution is 2.16. The lowest BCUT2D eigenvalue weighted by Gasteiger charge is -2.07. The summed E-state index contributed by atoms with van der Waals surface area (Å²) < 4.78 is 13.9. The third-order valence-electron chi connectivity index (χ3n) is 3.33. The van der Waals surface area contributed by atoms with Crippen LogP contribution < -0.4 is 10.6 Å². The topological polar surface area (TPSA) is 79.8 Å².